The average molecular weight is 519 g/mol. The Morgan fingerprint density at radius 3 is 2.60 bits per heavy atom. The van der Waals surface area contributed by atoms with Crippen LogP contribution >= 0.6 is 11.6 Å². The maximum atomic E-state index is 13.3. The largest absolute Gasteiger partial charge is 0.481 e. The molecule has 0 amide bonds. The minimum Gasteiger partial charge on any atom is -0.481 e. The summed E-state index contributed by atoms with van der Waals surface area (Å²) < 4.78 is 41.2. The topological polar surface area (TPSA) is 151 Å². The molecule has 2 unspecified atom stereocenters. The molecule has 4 aromatic rings. The molecule has 14 heteroatoms. The third-order valence-corrected chi connectivity index (χ3v) is 7.43. The van der Waals surface area contributed by atoms with Crippen LogP contribution in [0.4, 0.5) is 5.95 Å². The van der Waals surface area contributed by atoms with Gasteiger partial charge in [-0.1, -0.05) is 29.7 Å². The molecular weight excluding hydrogens is 496 g/mol. The first-order valence-corrected chi connectivity index (χ1v) is 12.5. The van der Waals surface area contributed by atoms with Crippen LogP contribution in [-0.4, -0.2) is 55.7 Å². The van der Waals surface area contributed by atoms with Gasteiger partial charge in [-0.3, -0.25) is 9.29 Å². The highest BCUT2D eigenvalue weighted by Crippen LogP contribution is 2.26. The molecule has 35 heavy (non-hydrogen) atoms. The number of hydrogen-bond acceptors (Lipinski definition) is 10. The summed E-state index contributed by atoms with van der Waals surface area (Å²) in [5, 5.41) is 11.6. The summed E-state index contributed by atoms with van der Waals surface area (Å²) in [7, 11) is -2.44. The van der Waals surface area contributed by atoms with E-state index in [0.29, 0.717) is 39.7 Å². The Morgan fingerprint density at radius 1 is 1.20 bits per heavy atom. The summed E-state index contributed by atoms with van der Waals surface area (Å²) in [5.41, 5.74) is 1.12. The third-order valence-electron chi connectivity index (χ3n) is 5.38. The Balaban J connectivity index is 1.68. The number of aromatic nitrogens is 7. The smallest absolute Gasteiger partial charge is 0.239 e. The molecule has 12 nitrogen and oxygen atoms in total. The van der Waals surface area contributed by atoms with Crippen molar-refractivity contribution in [1.82, 2.24) is 34.9 Å². The van der Waals surface area contributed by atoms with E-state index in [9.17, 15) is 8.42 Å². The number of pyridine rings is 1. The number of nitrogens with zero attached hydrogens (tertiary/aromatic N) is 7. The van der Waals surface area contributed by atoms with Crippen molar-refractivity contribution < 1.29 is 17.7 Å². The fraction of sp³-hybridized carbons (Fsp3) is 0.333. The standard InChI is InChI=1S/C21H23ClN8O4S/c1-12-8-16(34-28-12)11-30-20(17-6-5-7-18(25-17)33-4)26-27-21(30)29-35(31,32)14(3)13(2)19-23-9-15(22)10-24-19/h5-10,13-14H,11H2,1-4H3,(H,27,29). The quantitative estimate of drug-likeness (QED) is 0.350. The summed E-state index contributed by atoms with van der Waals surface area (Å²) in [6.07, 6.45) is 2.85. The van der Waals surface area contributed by atoms with Crippen molar-refractivity contribution in [1.29, 1.82) is 0 Å². The molecule has 0 fully saturated rings. The molecule has 0 aromatic carbocycles. The van der Waals surface area contributed by atoms with Gasteiger partial charge in [-0.2, -0.15) is 0 Å². The van der Waals surface area contributed by atoms with E-state index >= 15 is 0 Å². The second-order valence-electron chi connectivity index (χ2n) is 7.83. The summed E-state index contributed by atoms with van der Waals surface area (Å²) in [5.74, 6) is 1.000. The van der Waals surface area contributed by atoms with Gasteiger partial charge in [-0.15, -0.1) is 10.2 Å². The minimum absolute atomic E-state index is 0.00486. The van der Waals surface area contributed by atoms with Gasteiger partial charge in [-0.05, 0) is 19.9 Å². The molecule has 0 spiro atoms. The molecule has 0 aliphatic rings. The molecule has 0 saturated heterocycles. The van der Waals surface area contributed by atoms with E-state index in [2.05, 4.69) is 35.0 Å². The highest BCUT2D eigenvalue weighted by molar-refractivity contribution is 7.93. The van der Waals surface area contributed by atoms with Crippen molar-refractivity contribution in [2.75, 3.05) is 11.8 Å². The number of methoxy groups -OCH3 is 1. The van der Waals surface area contributed by atoms with Crippen LogP contribution in [-0.2, 0) is 16.6 Å². The van der Waals surface area contributed by atoms with Gasteiger partial charge >= 0.3 is 0 Å². The lowest BCUT2D eigenvalue weighted by atomic mass is 10.1. The van der Waals surface area contributed by atoms with Crippen molar-refractivity contribution in [3.8, 4) is 17.4 Å². The Bertz CT molecular complexity index is 1420. The van der Waals surface area contributed by atoms with Gasteiger partial charge < -0.3 is 9.26 Å². The normalized spacial score (nSPS) is 13.4. The van der Waals surface area contributed by atoms with Crippen molar-refractivity contribution >= 4 is 27.6 Å². The van der Waals surface area contributed by atoms with E-state index in [4.69, 9.17) is 20.9 Å². The fourth-order valence-electron chi connectivity index (χ4n) is 3.27. The van der Waals surface area contributed by atoms with Crippen molar-refractivity contribution in [3.05, 3.63) is 59.0 Å². The number of halogens is 1. The van der Waals surface area contributed by atoms with E-state index in [1.54, 1.807) is 49.6 Å². The van der Waals surface area contributed by atoms with Crippen LogP contribution in [0.1, 0.15) is 37.0 Å². The molecule has 4 aromatic heterocycles. The van der Waals surface area contributed by atoms with Crippen LogP contribution in [0.3, 0.4) is 0 Å². The van der Waals surface area contributed by atoms with Crippen LogP contribution in [0.15, 0.2) is 41.2 Å². The molecule has 0 radical (unpaired) electrons. The third kappa shape index (κ3) is 5.41. The molecule has 0 bridgehead atoms. The second-order valence-corrected chi connectivity index (χ2v) is 10.3. The second kappa shape index (κ2) is 9.96. The van der Waals surface area contributed by atoms with Crippen LogP contribution in [0.5, 0.6) is 5.88 Å². The van der Waals surface area contributed by atoms with Gasteiger partial charge in [0.15, 0.2) is 11.6 Å². The van der Waals surface area contributed by atoms with Gasteiger partial charge in [0.1, 0.15) is 11.5 Å². The fourth-order valence-corrected chi connectivity index (χ4v) is 4.62. The number of anilines is 1. The molecule has 184 valence electrons. The lowest BCUT2D eigenvalue weighted by Gasteiger charge is -2.20. The zero-order chi connectivity index (χ0) is 25.2. The van der Waals surface area contributed by atoms with Crippen LogP contribution in [0.2, 0.25) is 5.02 Å². The molecular formula is C21H23ClN8O4S. The Morgan fingerprint density at radius 2 is 1.94 bits per heavy atom. The minimum atomic E-state index is -3.94. The Hall–Kier alpha value is -3.58. The van der Waals surface area contributed by atoms with Gasteiger partial charge in [0, 0.05) is 30.4 Å². The first kappa shape index (κ1) is 24.5. The number of rotatable bonds is 9. The predicted molar refractivity (Wildman–Crippen MR) is 128 cm³/mol. The van der Waals surface area contributed by atoms with E-state index in [-0.39, 0.29) is 12.5 Å². The van der Waals surface area contributed by atoms with Gasteiger partial charge in [0.2, 0.25) is 21.9 Å². The summed E-state index contributed by atoms with van der Waals surface area (Å²) >= 11 is 5.85. The molecule has 0 saturated carbocycles. The van der Waals surface area contributed by atoms with E-state index in [1.165, 1.54) is 19.5 Å². The molecule has 2 atom stereocenters. The molecule has 0 aliphatic carbocycles. The highest BCUT2D eigenvalue weighted by atomic mass is 35.5. The molecule has 1 N–H and O–H groups in total. The van der Waals surface area contributed by atoms with E-state index in [1.807, 2.05) is 0 Å². The molecule has 0 aliphatic heterocycles. The molecule has 4 heterocycles. The zero-order valence-electron chi connectivity index (χ0n) is 19.4. The number of nitrogens with one attached hydrogen (secondary N) is 1. The van der Waals surface area contributed by atoms with Crippen molar-refractivity contribution in [3.63, 3.8) is 0 Å². The van der Waals surface area contributed by atoms with E-state index < -0.39 is 21.2 Å². The van der Waals surface area contributed by atoms with Gasteiger partial charge in [0.25, 0.3) is 0 Å². The maximum Gasteiger partial charge on any atom is 0.239 e. The van der Waals surface area contributed by atoms with E-state index in [0.717, 1.165) is 0 Å². The number of hydrogen-bond donors (Lipinski definition) is 1. The highest BCUT2D eigenvalue weighted by Gasteiger charge is 2.31. The summed E-state index contributed by atoms with van der Waals surface area (Å²) in [4.78, 5) is 12.7. The van der Waals surface area contributed by atoms with Crippen molar-refractivity contribution in [2.45, 2.75) is 38.5 Å². The van der Waals surface area contributed by atoms with Gasteiger partial charge in [0.05, 0.1) is 29.6 Å². The Labute approximate surface area is 206 Å². The lowest BCUT2D eigenvalue weighted by Crippen LogP contribution is -2.31. The van der Waals surface area contributed by atoms with Crippen molar-refractivity contribution in [2.24, 2.45) is 0 Å². The monoisotopic (exact) mass is 518 g/mol. The van der Waals surface area contributed by atoms with Crippen LogP contribution < -0.4 is 9.46 Å². The van der Waals surface area contributed by atoms with Gasteiger partial charge in [-0.25, -0.2) is 23.4 Å². The summed E-state index contributed by atoms with van der Waals surface area (Å²) in [6.45, 7) is 5.19. The lowest BCUT2D eigenvalue weighted by molar-refractivity contribution is 0.373. The number of aryl methyl sites for hydroxylation is 1. The predicted octanol–water partition coefficient (Wildman–Crippen LogP) is 3.07. The SMILES string of the molecule is COc1cccc(-c2nnc(NS(=O)(=O)C(C)C(C)c3ncc(Cl)cn3)n2Cc2cc(C)no2)n1. The number of sulfonamides is 1. The maximum absolute atomic E-state index is 13.3. The first-order valence-electron chi connectivity index (χ1n) is 10.5. The van der Waals surface area contributed by atoms with Crippen LogP contribution in [0.25, 0.3) is 11.5 Å². The zero-order valence-corrected chi connectivity index (χ0v) is 20.9. The summed E-state index contributed by atoms with van der Waals surface area (Å²) in [6, 6.07) is 6.90. The average Bonchev–Trinajstić information content (AvgIpc) is 3.44. The number of ether oxygens (including phenoxy) is 1. The Kier molecular flexibility index (Phi) is 6.98. The first-order chi connectivity index (χ1) is 16.7. The van der Waals surface area contributed by atoms with Crippen LogP contribution in [0, 0.1) is 6.92 Å². The molecule has 4 rings (SSSR count).